The molecule has 0 atom stereocenters. The molecule has 1 aromatic carbocycles. The Hall–Kier alpha value is -2.11. The summed E-state index contributed by atoms with van der Waals surface area (Å²) in [7, 11) is 0. The normalized spacial score (nSPS) is 10.3. The van der Waals surface area contributed by atoms with Gasteiger partial charge in [0.05, 0.1) is 4.92 Å². The lowest BCUT2D eigenvalue weighted by atomic mass is 10.1. The highest BCUT2D eigenvalue weighted by Crippen LogP contribution is 2.20. The van der Waals surface area contributed by atoms with Crippen molar-refractivity contribution >= 4 is 17.3 Å². The van der Waals surface area contributed by atoms with Crippen LogP contribution >= 0.6 is 0 Å². The number of nitro benzene ring substituents is 1. The highest BCUT2D eigenvalue weighted by Gasteiger charge is 2.18. The van der Waals surface area contributed by atoms with Gasteiger partial charge >= 0.3 is 5.97 Å². The number of carboxylic acids is 1. The van der Waals surface area contributed by atoms with Crippen molar-refractivity contribution in [2.24, 2.45) is 0 Å². The van der Waals surface area contributed by atoms with Crippen LogP contribution in [0.4, 0.5) is 11.4 Å². The smallest absolute Gasteiger partial charge is 0.342 e. The SMILES string of the molecule is [2H]OC(=O)c1cc(N)ccc1[N+](=O)[O-]. The van der Waals surface area contributed by atoms with E-state index in [9.17, 15) is 14.9 Å². The van der Waals surface area contributed by atoms with E-state index in [0.717, 1.165) is 12.1 Å². The van der Waals surface area contributed by atoms with Crippen LogP contribution in [0.5, 0.6) is 0 Å². The number of carboxylic acid groups (broad SMARTS) is 1. The summed E-state index contributed by atoms with van der Waals surface area (Å²) in [5.74, 6) is -1.11. The molecule has 0 spiro atoms. The van der Waals surface area contributed by atoms with Crippen molar-refractivity contribution in [2.45, 2.75) is 0 Å². The van der Waals surface area contributed by atoms with Gasteiger partial charge in [-0.2, -0.15) is 0 Å². The van der Waals surface area contributed by atoms with Crippen molar-refractivity contribution in [1.29, 1.82) is 1.43 Å². The van der Waals surface area contributed by atoms with Crippen LogP contribution < -0.4 is 5.73 Å². The number of carbonyl (C=O) groups is 1. The van der Waals surface area contributed by atoms with Crippen molar-refractivity contribution < 1.29 is 14.8 Å². The maximum absolute atomic E-state index is 10.9. The molecule has 6 heteroatoms. The van der Waals surface area contributed by atoms with Crippen LogP contribution in [-0.4, -0.2) is 16.0 Å². The molecule has 0 radical (unpaired) electrons. The van der Waals surface area contributed by atoms with Gasteiger partial charge in [0.1, 0.15) is 5.56 Å². The average Bonchev–Trinajstić information content (AvgIpc) is 2.16. The second-order valence-electron chi connectivity index (χ2n) is 2.32. The monoisotopic (exact) mass is 183 g/mol. The number of hydrogen-bond acceptors (Lipinski definition) is 5. The quantitative estimate of drug-likeness (QED) is 0.402. The van der Waals surface area contributed by atoms with Crippen molar-refractivity contribution in [1.82, 2.24) is 0 Å². The maximum atomic E-state index is 10.9. The third-order valence-corrected chi connectivity index (χ3v) is 1.44. The van der Waals surface area contributed by atoms with Crippen LogP contribution in [0.25, 0.3) is 1.43 Å². The topological polar surface area (TPSA) is 106 Å². The minimum atomic E-state index is -1.11. The molecule has 68 valence electrons. The summed E-state index contributed by atoms with van der Waals surface area (Å²) in [4.78, 5) is 20.6. The predicted octanol–water partition coefficient (Wildman–Crippen LogP) is 0.875. The predicted molar refractivity (Wildman–Crippen MR) is 44.5 cm³/mol. The summed E-state index contributed by atoms with van der Waals surface area (Å²) in [5, 5.41) is 14.1. The highest BCUT2D eigenvalue weighted by atomic mass is 16.6. The number of aromatic carboxylic acids is 1. The summed E-state index contributed by atoms with van der Waals surface area (Å²) in [6.45, 7) is 0. The van der Waals surface area contributed by atoms with Crippen LogP contribution in [0.2, 0.25) is 0 Å². The summed E-state index contributed by atoms with van der Waals surface area (Å²) >= 11 is 0. The summed E-state index contributed by atoms with van der Waals surface area (Å²) in [6.07, 6.45) is 0. The molecule has 0 amide bonds. The Labute approximate surface area is 74.2 Å². The molecule has 3 N–H and O–H groups in total. The lowest BCUT2D eigenvalue weighted by Crippen LogP contribution is -2.03. The Bertz CT molecular complexity index is 393. The van der Waals surface area contributed by atoms with Crippen molar-refractivity contribution in [3.8, 4) is 0 Å². The van der Waals surface area contributed by atoms with Gasteiger partial charge in [-0.1, -0.05) is 0 Å². The van der Waals surface area contributed by atoms with Gasteiger partial charge in [0, 0.05) is 11.8 Å². The van der Waals surface area contributed by atoms with Crippen LogP contribution in [-0.2, 0) is 0 Å². The first kappa shape index (κ1) is 7.53. The Morgan fingerprint density at radius 3 is 2.92 bits per heavy atom. The lowest BCUT2D eigenvalue weighted by molar-refractivity contribution is -0.385. The Morgan fingerprint density at radius 1 is 1.69 bits per heavy atom. The molecule has 1 rings (SSSR count). The van der Waals surface area contributed by atoms with Crippen LogP contribution in [0.3, 0.4) is 0 Å². The van der Waals surface area contributed by atoms with E-state index in [4.69, 9.17) is 7.16 Å². The second-order valence-corrected chi connectivity index (χ2v) is 2.32. The zero-order chi connectivity index (χ0) is 10.7. The third kappa shape index (κ3) is 1.73. The van der Waals surface area contributed by atoms with Gasteiger partial charge < -0.3 is 10.8 Å². The highest BCUT2D eigenvalue weighted by molar-refractivity contribution is 5.93. The molecule has 1 aromatic rings. The fourth-order valence-corrected chi connectivity index (χ4v) is 0.876. The fourth-order valence-electron chi connectivity index (χ4n) is 0.876. The first-order valence-electron chi connectivity index (χ1n) is 3.68. The van der Waals surface area contributed by atoms with E-state index in [0.29, 0.717) is 0 Å². The number of rotatable bonds is 2. The number of hydrogen-bond donors (Lipinski definition) is 2. The Kier molecular flexibility index (Phi) is 1.79. The second kappa shape index (κ2) is 3.10. The first-order valence-corrected chi connectivity index (χ1v) is 3.27. The summed E-state index contributed by atoms with van der Waals surface area (Å²) < 4.78 is 6.34. The summed E-state index contributed by atoms with van der Waals surface area (Å²) in [5.41, 5.74) is 4.76. The van der Waals surface area contributed by atoms with Gasteiger partial charge in [-0.25, -0.2) is 4.79 Å². The zero-order valence-corrected chi connectivity index (χ0v) is 6.39. The molecule has 0 heterocycles. The van der Waals surface area contributed by atoms with Gasteiger partial charge in [-0.15, -0.1) is 0 Å². The molecule has 0 bridgehead atoms. The molecule has 0 aliphatic heterocycles. The van der Waals surface area contributed by atoms with E-state index in [2.05, 4.69) is 5.11 Å². The molecule has 6 nitrogen and oxygen atoms in total. The van der Waals surface area contributed by atoms with E-state index in [1.54, 1.807) is 0 Å². The number of nitrogens with two attached hydrogens (primary N) is 1. The third-order valence-electron chi connectivity index (χ3n) is 1.44. The molecule has 0 aliphatic rings. The fraction of sp³-hybridized carbons (Fsp3) is 0. The zero-order valence-electron chi connectivity index (χ0n) is 7.39. The van der Waals surface area contributed by atoms with Crippen LogP contribution in [0.1, 0.15) is 10.4 Å². The van der Waals surface area contributed by atoms with Crippen molar-refractivity contribution in [3.63, 3.8) is 0 Å². The molecule has 0 saturated carbocycles. The number of nitro groups is 1. The van der Waals surface area contributed by atoms with Crippen LogP contribution in [0, 0.1) is 10.1 Å². The molecular formula is C7H6N2O4. The number of benzene rings is 1. The molecule has 13 heavy (non-hydrogen) atoms. The molecular weight excluding hydrogens is 176 g/mol. The lowest BCUT2D eigenvalue weighted by Gasteiger charge is -1.98. The summed E-state index contributed by atoms with van der Waals surface area (Å²) in [6, 6.07) is 3.47. The largest absolute Gasteiger partial charge is 0.477 e. The molecule has 0 fully saturated rings. The van der Waals surface area contributed by atoms with Gasteiger partial charge in [-0.05, 0) is 12.1 Å². The van der Waals surface area contributed by atoms with E-state index in [1.807, 2.05) is 0 Å². The van der Waals surface area contributed by atoms with E-state index >= 15 is 0 Å². The van der Waals surface area contributed by atoms with E-state index in [1.165, 1.54) is 6.07 Å². The van der Waals surface area contributed by atoms with Crippen molar-refractivity contribution in [3.05, 3.63) is 33.9 Å². The van der Waals surface area contributed by atoms with Crippen LogP contribution in [0.15, 0.2) is 18.2 Å². The maximum Gasteiger partial charge on any atom is 0.342 e. The van der Waals surface area contributed by atoms with Gasteiger partial charge in [-0.3, -0.25) is 10.1 Å². The minimum Gasteiger partial charge on any atom is -0.477 e. The van der Waals surface area contributed by atoms with Gasteiger partial charge in [0.25, 0.3) is 7.12 Å². The van der Waals surface area contributed by atoms with E-state index < -0.39 is 16.6 Å². The van der Waals surface area contributed by atoms with E-state index in [-0.39, 0.29) is 11.3 Å². The Balaban J connectivity index is 3.29. The Morgan fingerprint density at radius 2 is 2.38 bits per heavy atom. The minimum absolute atomic E-state index is 0.191. The number of nitrogens with zero attached hydrogens (tertiary/aromatic N) is 1. The molecule has 0 aliphatic carbocycles. The number of nitrogen functional groups attached to an aromatic ring is 1. The molecule has 0 saturated heterocycles. The number of anilines is 1. The van der Waals surface area contributed by atoms with Crippen molar-refractivity contribution in [2.75, 3.05) is 5.73 Å². The first-order chi connectivity index (χ1) is 6.56. The molecule has 0 aromatic heterocycles. The van der Waals surface area contributed by atoms with Gasteiger partial charge in [0.15, 0.2) is 0 Å². The molecule has 0 unspecified atom stereocenters. The average molecular weight is 183 g/mol. The standard InChI is InChI=1S/C7H6N2O4/c8-4-1-2-6(9(12)13)5(3-4)7(10)11/h1-3H,8H2,(H,10,11)/i/hD. The van der Waals surface area contributed by atoms with Gasteiger partial charge in [0.2, 0.25) is 0 Å².